The standard InChI is InChI=1S/C20H19NO/c22-20(11-14-5-1-2-6-14)21-17-9-10-19-16(13-17)12-15-7-3-4-8-18(15)19/h1,3-5,7-10,13-14H,2,6,11-12H2,(H,21,22). The van der Waals surface area contributed by atoms with Crippen molar-refractivity contribution in [3.05, 3.63) is 65.7 Å². The van der Waals surface area contributed by atoms with Gasteiger partial charge in [-0.05, 0) is 59.6 Å². The topological polar surface area (TPSA) is 29.1 Å². The summed E-state index contributed by atoms with van der Waals surface area (Å²) in [5.74, 6) is 0.533. The van der Waals surface area contributed by atoms with Gasteiger partial charge >= 0.3 is 0 Å². The average Bonchev–Trinajstić information content (AvgIpc) is 3.13. The number of carbonyl (C=O) groups is 1. The summed E-state index contributed by atoms with van der Waals surface area (Å²) in [7, 11) is 0. The molecule has 1 N–H and O–H groups in total. The maximum absolute atomic E-state index is 12.1. The molecule has 2 aromatic rings. The molecule has 0 saturated heterocycles. The Morgan fingerprint density at radius 3 is 2.82 bits per heavy atom. The predicted octanol–water partition coefficient (Wildman–Crippen LogP) is 4.55. The zero-order valence-electron chi connectivity index (χ0n) is 12.5. The largest absolute Gasteiger partial charge is 0.326 e. The van der Waals surface area contributed by atoms with Crippen molar-refractivity contribution < 1.29 is 4.79 Å². The van der Waals surface area contributed by atoms with E-state index in [-0.39, 0.29) is 5.91 Å². The summed E-state index contributed by atoms with van der Waals surface area (Å²) >= 11 is 0. The molecule has 0 heterocycles. The third-order valence-corrected chi connectivity index (χ3v) is 4.64. The number of anilines is 1. The van der Waals surface area contributed by atoms with Gasteiger partial charge in [0.2, 0.25) is 5.91 Å². The highest BCUT2D eigenvalue weighted by molar-refractivity contribution is 5.92. The molecule has 0 saturated carbocycles. The first kappa shape index (κ1) is 13.3. The van der Waals surface area contributed by atoms with E-state index in [0.717, 1.165) is 24.9 Å². The lowest BCUT2D eigenvalue weighted by Crippen LogP contribution is -2.14. The average molecular weight is 289 g/mol. The number of nitrogens with one attached hydrogen (secondary N) is 1. The van der Waals surface area contributed by atoms with Crippen molar-refractivity contribution in [1.29, 1.82) is 0 Å². The van der Waals surface area contributed by atoms with Gasteiger partial charge in [0.05, 0.1) is 0 Å². The number of rotatable bonds is 3. The third kappa shape index (κ3) is 2.45. The second-order valence-corrected chi connectivity index (χ2v) is 6.22. The Labute approximate surface area is 130 Å². The first-order chi connectivity index (χ1) is 10.8. The van der Waals surface area contributed by atoms with Crippen LogP contribution in [0.25, 0.3) is 11.1 Å². The molecule has 110 valence electrons. The first-order valence-corrected chi connectivity index (χ1v) is 7.97. The molecular formula is C20H19NO. The van der Waals surface area contributed by atoms with Crippen LogP contribution in [0.3, 0.4) is 0 Å². The number of hydrogen-bond donors (Lipinski definition) is 1. The van der Waals surface area contributed by atoms with Gasteiger partial charge in [-0.1, -0.05) is 42.5 Å². The van der Waals surface area contributed by atoms with E-state index in [1.54, 1.807) is 0 Å². The fourth-order valence-electron chi connectivity index (χ4n) is 3.54. The van der Waals surface area contributed by atoms with Crippen LogP contribution in [0.2, 0.25) is 0 Å². The van der Waals surface area contributed by atoms with Crippen molar-refractivity contribution in [2.45, 2.75) is 25.7 Å². The molecule has 0 bridgehead atoms. The summed E-state index contributed by atoms with van der Waals surface area (Å²) in [6, 6.07) is 14.8. The SMILES string of the molecule is O=C(CC1C=CCC1)Nc1ccc2c(c1)Cc1ccccc1-2. The number of benzene rings is 2. The van der Waals surface area contributed by atoms with E-state index in [9.17, 15) is 4.79 Å². The van der Waals surface area contributed by atoms with Crippen LogP contribution < -0.4 is 5.32 Å². The molecule has 2 nitrogen and oxygen atoms in total. The molecule has 0 aliphatic heterocycles. The minimum atomic E-state index is 0.118. The number of amides is 1. The number of hydrogen-bond acceptors (Lipinski definition) is 1. The third-order valence-electron chi connectivity index (χ3n) is 4.64. The molecule has 2 aliphatic carbocycles. The van der Waals surface area contributed by atoms with E-state index in [1.165, 1.54) is 22.3 Å². The van der Waals surface area contributed by atoms with E-state index in [0.29, 0.717) is 12.3 Å². The second-order valence-electron chi connectivity index (χ2n) is 6.22. The minimum absolute atomic E-state index is 0.118. The Kier molecular flexibility index (Phi) is 3.30. The summed E-state index contributed by atoms with van der Waals surface area (Å²) in [6.45, 7) is 0. The van der Waals surface area contributed by atoms with Crippen molar-refractivity contribution in [2.24, 2.45) is 5.92 Å². The highest BCUT2D eigenvalue weighted by Gasteiger charge is 2.19. The highest BCUT2D eigenvalue weighted by Crippen LogP contribution is 2.37. The van der Waals surface area contributed by atoms with Gasteiger partial charge in [-0.2, -0.15) is 0 Å². The second kappa shape index (κ2) is 5.45. The summed E-state index contributed by atoms with van der Waals surface area (Å²) in [5.41, 5.74) is 6.22. The maximum atomic E-state index is 12.1. The lowest BCUT2D eigenvalue weighted by molar-refractivity contribution is -0.116. The molecule has 0 aromatic heterocycles. The Bertz CT molecular complexity index is 760. The van der Waals surface area contributed by atoms with Crippen LogP contribution in [0.1, 0.15) is 30.4 Å². The van der Waals surface area contributed by atoms with Crippen molar-refractivity contribution in [3.8, 4) is 11.1 Å². The van der Waals surface area contributed by atoms with E-state index >= 15 is 0 Å². The van der Waals surface area contributed by atoms with E-state index in [2.05, 4.69) is 53.9 Å². The van der Waals surface area contributed by atoms with Crippen LogP contribution in [-0.4, -0.2) is 5.91 Å². The predicted molar refractivity (Wildman–Crippen MR) is 89.8 cm³/mol. The van der Waals surface area contributed by atoms with Gasteiger partial charge in [0.25, 0.3) is 0 Å². The first-order valence-electron chi connectivity index (χ1n) is 7.97. The smallest absolute Gasteiger partial charge is 0.224 e. The fourth-order valence-corrected chi connectivity index (χ4v) is 3.54. The van der Waals surface area contributed by atoms with Gasteiger partial charge in [-0.25, -0.2) is 0 Å². The maximum Gasteiger partial charge on any atom is 0.224 e. The molecule has 4 rings (SSSR count). The molecule has 2 aliphatic rings. The fraction of sp³-hybridized carbons (Fsp3) is 0.250. The number of carbonyl (C=O) groups excluding carboxylic acids is 1. The molecule has 0 spiro atoms. The Hall–Kier alpha value is -2.35. The number of fused-ring (bicyclic) bond motifs is 3. The van der Waals surface area contributed by atoms with Crippen LogP contribution in [0.15, 0.2) is 54.6 Å². The van der Waals surface area contributed by atoms with Gasteiger partial charge in [-0.15, -0.1) is 0 Å². The molecule has 1 atom stereocenters. The van der Waals surface area contributed by atoms with Crippen molar-refractivity contribution >= 4 is 11.6 Å². The molecule has 2 aromatic carbocycles. The zero-order valence-corrected chi connectivity index (χ0v) is 12.5. The molecule has 0 fully saturated rings. The lowest BCUT2D eigenvalue weighted by Gasteiger charge is -2.10. The quantitative estimate of drug-likeness (QED) is 0.704. The number of allylic oxidation sites excluding steroid dienone is 2. The zero-order chi connectivity index (χ0) is 14.9. The normalized spacial score (nSPS) is 18.1. The molecule has 0 radical (unpaired) electrons. The Balaban J connectivity index is 1.50. The summed E-state index contributed by atoms with van der Waals surface area (Å²) in [4.78, 5) is 12.1. The molecule has 2 heteroatoms. The van der Waals surface area contributed by atoms with E-state index in [4.69, 9.17) is 0 Å². The molecule has 1 unspecified atom stereocenters. The Morgan fingerprint density at radius 1 is 1.09 bits per heavy atom. The van der Waals surface area contributed by atoms with Crippen LogP contribution >= 0.6 is 0 Å². The molecular weight excluding hydrogens is 270 g/mol. The Morgan fingerprint density at radius 2 is 1.95 bits per heavy atom. The van der Waals surface area contributed by atoms with Gasteiger partial charge in [-0.3, -0.25) is 4.79 Å². The summed E-state index contributed by atoms with van der Waals surface area (Å²) in [5, 5.41) is 3.05. The summed E-state index contributed by atoms with van der Waals surface area (Å²) in [6.07, 6.45) is 8.10. The van der Waals surface area contributed by atoms with Crippen molar-refractivity contribution in [1.82, 2.24) is 0 Å². The molecule has 22 heavy (non-hydrogen) atoms. The summed E-state index contributed by atoms with van der Waals surface area (Å²) < 4.78 is 0. The van der Waals surface area contributed by atoms with Crippen molar-refractivity contribution in [3.63, 3.8) is 0 Å². The van der Waals surface area contributed by atoms with Gasteiger partial charge in [0.15, 0.2) is 0 Å². The van der Waals surface area contributed by atoms with Gasteiger partial charge in [0.1, 0.15) is 0 Å². The highest BCUT2D eigenvalue weighted by atomic mass is 16.1. The lowest BCUT2D eigenvalue weighted by atomic mass is 10.0. The van der Waals surface area contributed by atoms with E-state index < -0.39 is 0 Å². The van der Waals surface area contributed by atoms with Crippen LogP contribution in [0, 0.1) is 5.92 Å². The van der Waals surface area contributed by atoms with Crippen LogP contribution in [-0.2, 0) is 11.2 Å². The van der Waals surface area contributed by atoms with Crippen molar-refractivity contribution in [2.75, 3.05) is 5.32 Å². The molecule has 1 amide bonds. The van der Waals surface area contributed by atoms with Gasteiger partial charge < -0.3 is 5.32 Å². The van der Waals surface area contributed by atoms with Crippen LogP contribution in [0.4, 0.5) is 5.69 Å². The monoisotopic (exact) mass is 289 g/mol. The minimum Gasteiger partial charge on any atom is -0.326 e. The van der Waals surface area contributed by atoms with Crippen LogP contribution in [0.5, 0.6) is 0 Å². The van der Waals surface area contributed by atoms with Gasteiger partial charge in [0, 0.05) is 12.1 Å². The van der Waals surface area contributed by atoms with E-state index in [1.807, 2.05) is 6.07 Å².